The summed E-state index contributed by atoms with van der Waals surface area (Å²) in [4.78, 5) is 25.2. The minimum Gasteiger partial charge on any atom is -0.317 e. The van der Waals surface area contributed by atoms with Crippen LogP contribution >= 0.6 is 15.9 Å². The van der Waals surface area contributed by atoms with Crippen LogP contribution in [-0.2, 0) is 4.79 Å². The highest BCUT2D eigenvalue weighted by atomic mass is 79.9. The van der Waals surface area contributed by atoms with E-state index in [4.69, 9.17) is 0 Å². The van der Waals surface area contributed by atoms with Crippen molar-refractivity contribution in [2.45, 2.75) is 19.8 Å². The molecule has 0 saturated heterocycles. The van der Waals surface area contributed by atoms with Gasteiger partial charge in [0.1, 0.15) is 5.82 Å². The number of nitrogens with zero attached hydrogens (tertiary/aromatic N) is 1. The van der Waals surface area contributed by atoms with Crippen molar-refractivity contribution in [3.05, 3.63) is 28.0 Å². The smallest absolute Gasteiger partial charge is 0.299 e. The van der Waals surface area contributed by atoms with Crippen molar-refractivity contribution in [2.75, 3.05) is 24.5 Å². The van der Waals surface area contributed by atoms with Crippen molar-refractivity contribution in [3.8, 4) is 0 Å². The molecule has 1 amide bonds. The largest absolute Gasteiger partial charge is 0.317 e. The number of benzene rings is 1. The number of carbonyl (C=O) groups is 2. The number of Topliss-reactive ketones (excluding diaryl/α,β-unsaturated/α-hetero) is 1. The molecule has 2 rings (SSSR count). The molecule has 1 heterocycles. The van der Waals surface area contributed by atoms with Gasteiger partial charge in [-0.25, -0.2) is 4.39 Å². The van der Waals surface area contributed by atoms with Gasteiger partial charge < -0.3 is 10.2 Å². The number of carbonyl (C=O) groups excluding carboxylic acids is 2. The molecule has 0 spiro atoms. The average Bonchev–Trinajstić information content (AvgIpc) is 2.64. The van der Waals surface area contributed by atoms with E-state index in [1.54, 1.807) is 0 Å². The fraction of sp³-hybridized carbons (Fsp3) is 0.429. The zero-order valence-electron chi connectivity index (χ0n) is 11.2. The molecule has 0 radical (unpaired) electrons. The summed E-state index contributed by atoms with van der Waals surface area (Å²) in [7, 11) is 0. The number of rotatable bonds is 6. The zero-order valence-corrected chi connectivity index (χ0v) is 12.8. The third-order valence-electron chi connectivity index (χ3n) is 3.14. The molecule has 1 aliphatic rings. The monoisotopic (exact) mass is 342 g/mol. The summed E-state index contributed by atoms with van der Waals surface area (Å²) >= 11 is 3.23. The third kappa shape index (κ3) is 2.91. The van der Waals surface area contributed by atoms with E-state index in [9.17, 15) is 14.0 Å². The second kappa shape index (κ2) is 6.45. The maximum absolute atomic E-state index is 13.3. The standard InChI is InChI=1S/C14H16BrFN2O2/c1-2-4-17-5-3-6-18-12-10(13(19)14(18)20)7-9(16)8-11(12)15/h7-8,17H,2-6H2,1H3. The highest BCUT2D eigenvalue weighted by molar-refractivity contribution is 9.10. The van der Waals surface area contributed by atoms with E-state index in [0.717, 1.165) is 32.0 Å². The Labute approximate surface area is 125 Å². The molecule has 20 heavy (non-hydrogen) atoms. The van der Waals surface area contributed by atoms with Gasteiger partial charge in [0.2, 0.25) is 0 Å². The lowest BCUT2D eigenvalue weighted by Crippen LogP contribution is -2.32. The SMILES string of the molecule is CCCNCCCN1C(=O)C(=O)c2cc(F)cc(Br)c21. The third-order valence-corrected chi connectivity index (χ3v) is 3.75. The van der Waals surface area contributed by atoms with Gasteiger partial charge in [0.05, 0.1) is 11.3 Å². The van der Waals surface area contributed by atoms with Crippen LogP contribution in [0, 0.1) is 5.82 Å². The lowest BCUT2D eigenvalue weighted by Gasteiger charge is -2.17. The van der Waals surface area contributed by atoms with Gasteiger partial charge in [-0.1, -0.05) is 6.92 Å². The van der Waals surface area contributed by atoms with E-state index < -0.39 is 17.5 Å². The Bertz CT molecular complexity index is 548. The molecule has 0 saturated carbocycles. The average molecular weight is 343 g/mol. The topological polar surface area (TPSA) is 49.4 Å². The second-order valence-electron chi connectivity index (χ2n) is 4.67. The molecule has 1 aromatic rings. The van der Waals surface area contributed by atoms with Crippen molar-refractivity contribution in [1.82, 2.24) is 5.32 Å². The van der Waals surface area contributed by atoms with E-state index >= 15 is 0 Å². The van der Waals surface area contributed by atoms with Gasteiger partial charge in [-0.2, -0.15) is 0 Å². The number of anilines is 1. The van der Waals surface area contributed by atoms with E-state index in [0.29, 0.717) is 16.7 Å². The Morgan fingerprint density at radius 2 is 2.05 bits per heavy atom. The molecular formula is C14H16BrFN2O2. The summed E-state index contributed by atoms with van der Waals surface area (Å²) in [6.45, 7) is 4.23. The van der Waals surface area contributed by atoms with Crippen LogP contribution in [0.4, 0.5) is 10.1 Å². The Morgan fingerprint density at radius 1 is 1.30 bits per heavy atom. The second-order valence-corrected chi connectivity index (χ2v) is 5.53. The molecular weight excluding hydrogens is 327 g/mol. The Kier molecular flexibility index (Phi) is 4.88. The van der Waals surface area contributed by atoms with Crippen LogP contribution in [0.15, 0.2) is 16.6 Å². The van der Waals surface area contributed by atoms with Crippen LogP contribution in [0.3, 0.4) is 0 Å². The minimum atomic E-state index is -0.637. The van der Waals surface area contributed by atoms with Gasteiger partial charge in [-0.3, -0.25) is 9.59 Å². The molecule has 1 aliphatic heterocycles. The van der Waals surface area contributed by atoms with Crippen molar-refractivity contribution in [3.63, 3.8) is 0 Å². The van der Waals surface area contributed by atoms with Gasteiger partial charge in [-0.15, -0.1) is 0 Å². The van der Waals surface area contributed by atoms with Crippen LogP contribution in [0.2, 0.25) is 0 Å². The molecule has 1 N–H and O–H groups in total. The highest BCUT2D eigenvalue weighted by Crippen LogP contribution is 2.36. The van der Waals surface area contributed by atoms with Crippen molar-refractivity contribution in [1.29, 1.82) is 0 Å². The Balaban J connectivity index is 2.12. The Hall–Kier alpha value is -1.27. The summed E-state index contributed by atoms with van der Waals surface area (Å²) in [6, 6.07) is 2.39. The number of hydrogen-bond acceptors (Lipinski definition) is 3. The Morgan fingerprint density at radius 3 is 2.75 bits per heavy atom. The highest BCUT2D eigenvalue weighted by Gasteiger charge is 2.37. The predicted octanol–water partition coefficient (Wildman–Crippen LogP) is 2.51. The quantitative estimate of drug-likeness (QED) is 0.638. The minimum absolute atomic E-state index is 0.142. The maximum atomic E-state index is 13.3. The molecule has 6 heteroatoms. The van der Waals surface area contributed by atoms with Crippen LogP contribution in [0.5, 0.6) is 0 Å². The molecule has 0 aliphatic carbocycles. The van der Waals surface area contributed by atoms with E-state index in [1.165, 1.54) is 11.0 Å². The van der Waals surface area contributed by atoms with E-state index in [2.05, 4.69) is 28.2 Å². The summed E-state index contributed by atoms with van der Waals surface area (Å²) < 4.78 is 13.8. The van der Waals surface area contributed by atoms with Gasteiger partial charge in [0, 0.05) is 11.0 Å². The first-order valence-corrected chi connectivity index (χ1v) is 7.41. The van der Waals surface area contributed by atoms with Gasteiger partial charge >= 0.3 is 0 Å². The lowest BCUT2D eigenvalue weighted by molar-refractivity contribution is -0.114. The summed E-state index contributed by atoms with van der Waals surface area (Å²) in [5, 5.41) is 3.24. The number of amides is 1. The van der Waals surface area contributed by atoms with Crippen molar-refractivity contribution >= 4 is 33.3 Å². The lowest BCUT2D eigenvalue weighted by atomic mass is 10.1. The summed E-state index contributed by atoms with van der Waals surface area (Å²) in [6.07, 6.45) is 1.79. The molecule has 0 unspecified atom stereocenters. The molecule has 0 aromatic heterocycles. The first-order chi connectivity index (χ1) is 9.56. The van der Waals surface area contributed by atoms with E-state index in [1.807, 2.05) is 0 Å². The van der Waals surface area contributed by atoms with Gasteiger partial charge in [0.25, 0.3) is 11.7 Å². The molecule has 0 atom stereocenters. The van der Waals surface area contributed by atoms with E-state index in [-0.39, 0.29) is 5.56 Å². The summed E-state index contributed by atoms with van der Waals surface area (Å²) in [5.41, 5.74) is 0.625. The first kappa shape index (κ1) is 15.1. The predicted molar refractivity (Wildman–Crippen MR) is 78.6 cm³/mol. The molecule has 1 aromatic carbocycles. The van der Waals surface area contributed by atoms with Gasteiger partial charge in [0.15, 0.2) is 0 Å². The number of fused-ring (bicyclic) bond motifs is 1. The molecule has 4 nitrogen and oxygen atoms in total. The molecule has 108 valence electrons. The van der Waals surface area contributed by atoms with Gasteiger partial charge in [-0.05, 0) is 54.0 Å². The number of ketones is 1. The fourth-order valence-electron chi connectivity index (χ4n) is 2.23. The number of hydrogen-bond donors (Lipinski definition) is 1. The van der Waals surface area contributed by atoms with Crippen LogP contribution in [-0.4, -0.2) is 31.3 Å². The maximum Gasteiger partial charge on any atom is 0.299 e. The van der Waals surface area contributed by atoms with Crippen LogP contribution < -0.4 is 10.2 Å². The number of nitrogens with one attached hydrogen (secondary N) is 1. The van der Waals surface area contributed by atoms with Crippen molar-refractivity contribution in [2.24, 2.45) is 0 Å². The van der Waals surface area contributed by atoms with Crippen molar-refractivity contribution < 1.29 is 14.0 Å². The normalized spacial score (nSPS) is 14.1. The van der Waals surface area contributed by atoms with Crippen LogP contribution in [0.1, 0.15) is 30.1 Å². The summed E-state index contributed by atoms with van der Waals surface area (Å²) in [5.74, 6) is -1.74. The zero-order chi connectivity index (χ0) is 14.7. The fourth-order valence-corrected chi connectivity index (χ4v) is 2.88. The number of halogens is 2. The van der Waals surface area contributed by atoms with Crippen LogP contribution in [0.25, 0.3) is 0 Å². The molecule has 0 fully saturated rings. The molecule has 0 bridgehead atoms. The first-order valence-electron chi connectivity index (χ1n) is 6.62.